The second kappa shape index (κ2) is 14.1. The van der Waals surface area contributed by atoms with Crippen LogP contribution in [-0.4, -0.2) is 63.6 Å². The fourth-order valence-corrected chi connectivity index (χ4v) is 5.40. The summed E-state index contributed by atoms with van der Waals surface area (Å²) in [6.45, 7) is 5.24. The molecule has 0 spiro atoms. The fourth-order valence-electron chi connectivity index (χ4n) is 4.27. The highest BCUT2D eigenvalue weighted by Crippen LogP contribution is 2.25. The van der Waals surface area contributed by atoms with E-state index in [9.17, 15) is 18.3 Å². The van der Waals surface area contributed by atoms with Gasteiger partial charge in [0.05, 0.1) is 17.0 Å². The van der Waals surface area contributed by atoms with E-state index in [1.165, 1.54) is 31.4 Å². The number of aliphatic hydroxyl groups is 1. The monoisotopic (exact) mass is 564 g/mol. The molecule has 0 aliphatic heterocycles. The molecule has 1 saturated carbocycles. The average Bonchev–Trinajstić information content (AvgIpc) is 3.39. The Hall–Kier alpha value is -2.70. The van der Waals surface area contributed by atoms with Gasteiger partial charge in [-0.05, 0) is 69.9 Å². The number of ether oxygens (including phenoxy) is 4. The molecule has 0 saturated heterocycles. The minimum atomic E-state index is -4.11. The number of methoxy groups -OCH3 is 1. The summed E-state index contributed by atoms with van der Waals surface area (Å²) in [6.07, 6.45) is -0.0895. The topological polar surface area (TPSA) is 132 Å². The van der Waals surface area contributed by atoms with Crippen LogP contribution in [0.3, 0.4) is 0 Å². The standard InChI is InChI=1S/C28H40N2O8S/c1-28(2,3)38-27(32)29-24(18-20-10-6-5-7-11-20)25(31)26(37-22-12-8-9-13-22)30-39(33,34)23-16-14-21(15-17-23)36-19-35-4/h5-7,10-11,14-17,22,24-26,30-31H,8-9,12-13,18-19H2,1-4H3,(H,29,32)/t24-,25+,26?/m0/s1. The average molecular weight is 565 g/mol. The first-order chi connectivity index (χ1) is 18.5. The zero-order valence-electron chi connectivity index (χ0n) is 23.0. The number of sulfonamides is 1. The Balaban J connectivity index is 1.86. The van der Waals surface area contributed by atoms with Crippen LogP contribution in [0.5, 0.6) is 5.75 Å². The van der Waals surface area contributed by atoms with Gasteiger partial charge >= 0.3 is 6.09 Å². The molecule has 1 amide bonds. The lowest BCUT2D eigenvalue weighted by Crippen LogP contribution is -2.57. The van der Waals surface area contributed by atoms with Crippen LogP contribution in [0.25, 0.3) is 0 Å². The third-order valence-corrected chi connectivity index (χ3v) is 7.55. The second-order valence-electron chi connectivity index (χ2n) is 10.5. The SMILES string of the molecule is COCOc1ccc(S(=O)(=O)NC(OC2CCCC2)[C@H](O)[C@H](Cc2ccccc2)NC(=O)OC(C)(C)C)cc1. The number of amides is 1. The highest BCUT2D eigenvalue weighted by Gasteiger charge is 2.36. The largest absolute Gasteiger partial charge is 0.468 e. The van der Waals surface area contributed by atoms with E-state index in [1.54, 1.807) is 20.8 Å². The maximum absolute atomic E-state index is 13.4. The summed E-state index contributed by atoms with van der Waals surface area (Å²) in [5.74, 6) is 0.444. The molecule has 1 aliphatic rings. The molecule has 1 aliphatic carbocycles. The Bertz CT molecular complexity index is 1130. The van der Waals surface area contributed by atoms with Gasteiger partial charge in [0.25, 0.3) is 0 Å². The maximum Gasteiger partial charge on any atom is 0.407 e. The molecule has 0 bridgehead atoms. The normalized spacial score (nSPS) is 16.8. The van der Waals surface area contributed by atoms with Gasteiger partial charge in [-0.15, -0.1) is 0 Å². The van der Waals surface area contributed by atoms with Crippen LogP contribution in [0, 0.1) is 0 Å². The number of hydrogen-bond donors (Lipinski definition) is 3. The highest BCUT2D eigenvalue weighted by atomic mass is 32.2. The van der Waals surface area contributed by atoms with Gasteiger partial charge in [0, 0.05) is 7.11 Å². The predicted molar refractivity (Wildman–Crippen MR) is 146 cm³/mol. The van der Waals surface area contributed by atoms with Crippen LogP contribution in [0.4, 0.5) is 4.79 Å². The molecule has 0 radical (unpaired) electrons. The van der Waals surface area contributed by atoms with E-state index < -0.39 is 40.1 Å². The van der Waals surface area contributed by atoms with Crippen molar-refractivity contribution < 1.29 is 37.3 Å². The number of carbonyl (C=O) groups is 1. The molecule has 10 nitrogen and oxygen atoms in total. The number of carbonyl (C=O) groups excluding carboxylic acids is 1. The Morgan fingerprint density at radius 2 is 1.69 bits per heavy atom. The number of rotatable bonds is 13. The number of hydrogen-bond acceptors (Lipinski definition) is 8. The molecule has 3 rings (SSSR count). The first-order valence-corrected chi connectivity index (χ1v) is 14.6. The first kappa shape index (κ1) is 30.8. The molecular formula is C28H40N2O8S. The maximum atomic E-state index is 13.4. The third-order valence-electron chi connectivity index (χ3n) is 6.11. The Morgan fingerprint density at radius 1 is 1.05 bits per heavy atom. The summed E-state index contributed by atoms with van der Waals surface area (Å²) in [7, 11) is -2.63. The van der Waals surface area contributed by atoms with Crippen LogP contribution in [-0.2, 0) is 30.7 Å². The Kier molecular flexibility index (Phi) is 11.1. The number of alkyl carbamates (subject to hydrolysis) is 1. The van der Waals surface area contributed by atoms with Crippen LogP contribution in [0.2, 0.25) is 0 Å². The molecule has 2 aromatic rings. The van der Waals surface area contributed by atoms with E-state index in [4.69, 9.17) is 18.9 Å². The molecule has 0 heterocycles. The van der Waals surface area contributed by atoms with Crippen molar-refractivity contribution in [3.8, 4) is 5.75 Å². The fraction of sp³-hybridized carbons (Fsp3) is 0.536. The van der Waals surface area contributed by atoms with Crippen molar-refractivity contribution in [2.75, 3.05) is 13.9 Å². The molecule has 216 valence electrons. The van der Waals surface area contributed by atoms with Crippen LogP contribution >= 0.6 is 0 Å². The van der Waals surface area contributed by atoms with Crippen LogP contribution in [0.15, 0.2) is 59.5 Å². The summed E-state index contributed by atoms with van der Waals surface area (Å²) in [6, 6.07) is 14.2. The minimum absolute atomic E-state index is 0.0285. The lowest BCUT2D eigenvalue weighted by molar-refractivity contribution is -0.0905. The van der Waals surface area contributed by atoms with Crippen molar-refractivity contribution in [1.82, 2.24) is 10.0 Å². The Morgan fingerprint density at radius 3 is 2.28 bits per heavy atom. The molecule has 2 aromatic carbocycles. The lowest BCUT2D eigenvalue weighted by atomic mass is 10.0. The van der Waals surface area contributed by atoms with Gasteiger partial charge in [-0.25, -0.2) is 13.2 Å². The van der Waals surface area contributed by atoms with E-state index in [0.29, 0.717) is 5.75 Å². The van der Waals surface area contributed by atoms with Gasteiger partial charge in [-0.3, -0.25) is 0 Å². The van der Waals surface area contributed by atoms with Gasteiger partial charge in [0.15, 0.2) is 6.79 Å². The van der Waals surface area contributed by atoms with Gasteiger partial charge in [-0.1, -0.05) is 43.2 Å². The number of nitrogens with one attached hydrogen (secondary N) is 2. The minimum Gasteiger partial charge on any atom is -0.468 e. The first-order valence-electron chi connectivity index (χ1n) is 13.1. The van der Waals surface area contributed by atoms with Gasteiger partial charge < -0.3 is 29.4 Å². The summed E-state index contributed by atoms with van der Waals surface area (Å²) in [5.41, 5.74) is 0.0824. The smallest absolute Gasteiger partial charge is 0.407 e. The Labute approximate surface area is 231 Å². The van der Waals surface area contributed by atoms with Gasteiger partial charge in [0.2, 0.25) is 10.0 Å². The zero-order chi connectivity index (χ0) is 28.5. The summed E-state index contributed by atoms with van der Waals surface area (Å²) in [5, 5.41) is 14.3. The summed E-state index contributed by atoms with van der Waals surface area (Å²) < 4.78 is 51.0. The van der Waals surface area contributed by atoms with E-state index in [0.717, 1.165) is 31.2 Å². The number of aliphatic hydroxyl groups excluding tert-OH is 1. The van der Waals surface area contributed by atoms with Crippen molar-refractivity contribution in [1.29, 1.82) is 0 Å². The molecule has 3 atom stereocenters. The molecule has 11 heteroatoms. The van der Waals surface area contributed by atoms with E-state index >= 15 is 0 Å². The zero-order valence-corrected chi connectivity index (χ0v) is 23.8. The van der Waals surface area contributed by atoms with Gasteiger partial charge in [-0.2, -0.15) is 4.72 Å². The summed E-state index contributed by atoms with van der Waals surface area (Å²) in [4.78, 5) is 12.7. The van der Waals surface area contributed by atoms with Crippen molar-refractivity contribution in [3.05, 3.63) is 60.2 Å². The molecule has 0 aromatic heterocycles. The van der Waals surface area contributed by atoms with E-state index in [-0.39, 0.29) is 24.2 Å². The van der Waals surface area contributed by atoms with E-state index in [2.05, 4.69) is 10.0 Å². The van der Waals surface area contributed by atoms with Crippen molar-refractivity contribution in [3.63, 3.8) is 0 Å². The molecule has 3 N–H and O–H groups in total. The van der Waals surface area contributed by atoms with Crippen LogP contribution < -0.4 is 14.8 Å². The lowest BCUT2D eigenvalue weighted by Gasteiger charge is -2.33. The highest BCUT2D eigenvalue weighted by molar-refractivity contribution is 7.89. The molecular weight excluding hydrogens is 524 g/mol. The second-order valence-corrected chi connectivity index (χ2v) is 12.3. The van der Waals surface area contributed by atoms with Crippen LogP contribution in [0.1, 0.15) is 52.0 Å². The molecule has 39 heavy (non-hydrogen) atoms. The van der Waals surface area contributed by atoms with Gasteiger partial charge in [0.1, 0.15) is 23.7 Å². The summed E-state index contributed by atoms with van der Waals surface area (Å²) >= 11 is 0. The third kappa shape index (κ3) is 10.1. The van der Waals surface area contributed by atoms with Crippen molar-refractivity contribution in [2.24, 2.45) is 0 Å². The number of benzene rings is 2. The van der Waals surface area contributed by atoms with E-state index in [1.807, 2.05) is 30.3 Å². The van der Waals surface area contributed by atoms with Crippen molar-refractivity contribution >= 4 is 16.1 Å². The molecule has 1 unspecified atom stereocenters. The molecule has 1 fully saturated rings. The predicted octanol–water partition coefficient (Wildman–Crippen LogP) is 3.73. The van der Waals surface area contributed by atoms with Crippen molar-refractivity contribution in [2.45, 2.75) is 87.8 Å². The quantitative estimate of drug-likeness (QED) is 0.314.